The lowest BCUT2D eigenvalue weighted by molar-refractivity contribution is -0.209. The van der Waals surface area contributed by atoms with Gasteiger partial charge in [-0.3, -0.25) is 15.4 Å². The van der Waals surface area contributed by atoms with Gasteiger partial charge in [0, 0.05) is 43.7 Å². The summed E-state index contributed by atoms with van der Waals surface area (Å²) in [5.74, 6) is 3.03. The van der Waals surface area contributed by atoms with Gasteiger partial charge in [0.05, 0.1) is 18.9 Å². The molecule has 5 heteroatoms. The van der Waals surface area contributed by atoms with E-state index in [0.29, 0.717) is 35.4 Å². The third-order valence-electron chi connectivity index (χ3n) is 9.68. The zero-order chi connectivity index (χ0) is 18.3. The molecular weight excluding hydrogens is 340 g/mol. The fourth-order valence-electron chi connectivity index (χ4n) is 8.59. The predicted octanol–water partition coefficient (Wildman–Crippen LogP) is 2.45. The van der Waals surface area contributed by atoms with E-state index in [4.69, 9.17) is 9.47 Å². The molecule has 0 amide bonds. The number of carbonyl (C=O) groups is 1. The molecule has 0 aromatic carbocycles. The molecule has 150 valence electrons. The van der Waals surface area contributed by atoms with Crippen molar-refractivity contribution >= 4 is 5.78 Å². The molecule has 0 bridgehead atoms. The first-order valence-corrected chi connectivity index (χ1v) is 11.4. The number of hydrogen-bond acceptors (Lipinski definition) is 5. The Hall–Kier alpha value is -0.490. The molecule has 2 spiro atoms. The van der Waals surface area contributed by atoms with E-state index < -0.39 is 0 Å². The molecule has 6 atom stereocenters. The summed E-state index contributed by atoms with van der Waals surface area (Å²) >= 11 is 0. The Morgan fingerprint density at radius 2 is 1.74 bits per heavy atom. The highest BCUT2D eigenvalue weighted by molar-refractivity contribution is 5.84. The first kappa shape index (κ1) is 17.4. The number of nitrogens with one attached hydrogen (secondary N) is 2. The Bertz CT molecular complexity index is 639. The number of ether oxygens (including phenoxy) is 2. The van der Waals surface area contributed by atoms with E-state index in [0.717, 1.165) is 52.0 Å². The lowest BCUT2D eigenvalue weighted by atomic mass is 9.49. The van der Waals surface area contributed by atoms with Gasteiger partial charge in [-0.15, -0.1) is 0 Å². The van der Waals surface area contributed by atoms with Crippen LogP contribution in [0.4, 0.5) is 0 Å². The minimum atomic E-state index is -0.310. The van der Waals surface area contributed by atoms with Crippen molar-refractivity contribution in [3.63, 3.8) is 0 Å². The van der Waals surface area contributed by atoms with E-state index >= 15 is 0 Å². The minimum absolute atomic E-state index is 0.0112. The van der Waals surface area contributed by atoms with Crippen LogP contribution in [0.3, 0.4) is 0 Å². The molecule has 0 radical (unpaired) electrons. The summed E-state index contributed by atoms with van der Waals surface area (Å²) in [6, 6.07) is 0. The van der Waals surface area contributed by atoms with Gasteiger partial charge in [-0.1, -0.05) is 6.92 Å². The summed E-state index contributed by atoms with van der Waals surface area (Å²) in [5, 5.41) is 7.56. The molecule has 0 aromatic heterocycles. The van der Waals surface area contributed by atoms with Crippen molar-refractivity contribution < 1.29 is 14.3 Å². The van der Waals surface area contributed by atoms with Crippen molar-refractivity contribution in [2.24, 2.45) is 35.0 Å². The summed E-state index contributed by atoms with van der Waals surface area (Å²) in [7, 11) is 0. The second-order valence-electron chi connectivity index (χ2n) is 10.5. The summed E-state index contributed by atoms with van der Waals surface area (Å²) in [6.07, 6.45) is 8.83. The van der Waals surface area contributed by atoms with Crippen LogP contribution >= 0.6 is 0 Å². The minimum Gasteiger partial charge on any atom is -0.348 e. The summed E-state index contributed by atoms with van der Waals surface area (Å²) < 4.78 is 12.0. The Balaban J connectivity index is 1.28. The maximum absolute atomic E-state index is 13.6. The van der Waals surface area contributed by atoms with Gasteiger partial charge in [0.15, 0.2) is 5.79 Å². The smallest absolute Gasteiger partial charge is 0.168 e. The lowest BCUT2D eigenvalue weighted by Gasteiger charge is -2.57. The summed E-state index contributed by atoms with van der Waals surface area (Å²) in [5.41, 5.74) is 0.0967. The van der Waals surface area contributed by atoms with Crippen LogP contribution in [0.15, 0.2) is 0 Å². The Morgan fingerprint density at radius 3 is 2.52 bits per heavy atom. The Labute approximate surface area is 162 Å². The molecule has 4 saturated carbocycles. The number of Topliss-reactive ketones (excluding diaryl/α,β-unsaturated/α-hetero) is 1. The van der Waals surface area contributed by atoms with Gasteiger partial charge in [0.25, 0.3) is 0 Å². The largest absolute Gasteiger partial charge is 0.348 e. The SMILES string of the molecule is C[C@]12CC(=O)[C@@H]3[C@H]4CCC5(C[C@@H]4CC[C@@H]3[C@@H]1CCC21NCCN1)OCCO5. The van der Waals surface area contributed by atoms with Crippen LogP contribution in [-0.2, 0) is 14.3 Å². The van der Waals surface area contributed by atoms with Crippen molar-refractivity contribution in [3.05, 3.63) is 0 Å². The fourth-order valence-corrected chi connectivity index (χ4v) is 8.59. The monoisotopic (exact) mass is 374 g/mol. The Kier molecular flexibility index (Phi) is 3.72. The van der Waals surface area contributed by atoms with Crippen LogP contribution < -0.4 is 10.6 Å². The molecule has 4 aliphatic carbocycles. The lowest BCUT2D eigenvalue weighted by Crippen LogP contribution is -2.64. The molecule has 5 nitrogen and oxygen atoms in total. The quantitative estimate of drug-likeness (QED) is 0.682. The summed E-state index contributed by atoms with van der Waals surface area (Å²) in [4.78, 5) is 13.6. The first-order valence-electron chi connectivity index (χ1n) is 11.4. The van der Waals surface area contributed by atoms with Crippen LogP contribution in [0, 0.1) is 35.0 Å². The van der Waals surface area contributed by atoms with Gasteiger partial charge in [0.1, 0.15) is 5.78 Å². The molecule has 6 fully saturated rings. The summed E-state index contributed by atoms with van der Waals surface area (Å²) in [6.45, 7) is 5.97. The highest BCUT2D eigenvalue weighted by atomic mass is 16.7. The van der Waals surface area contributed by atoms with Crippen molar-refractivity contribution in [1.82, 2.24) is 10.6 Å². The van der Waals surface area contributed by atoms with E-state index in [1.54, 1.807) is 0 Å². The van der Waals surface area contributed by atoms with Crippen LogP contribution in [-0.4, -0.2) is 43.5 Å². The van der Waals surface area contributed by atoms with Crippen molar-refractivity contribution in [1.29, 1.82) is 0 Å². The first-order chi connectivity index (χ1) is 13.1. The van der Waals surface area contributed by atoms with Crippen molar-refractivity contribution in [2.45, 2.75) is 69.7 Å². The van der Waals surface area contributed by atoms with Gasteiger partial charge in [-0.2, -0.15) is 0 Å². The normalized spacial score (nSPS) is 50.0. The van der Waals surface area contributed by atoms with E-state index in [1.165, 1.54) is 25.7 Å². The van der Waals surface area contributed by atoms with Crippen LogP contribution in [0.2, 0.25) is 0 Å². The predicted molar refractivity (Wildman–Crippen MR) is 101 cm³/mol. The van der Waals surface area contributed by atoms with E-state index in [2.05, 4.69) is 17.6 Å². The Morgan fingerprint density at radius 1 is 0.963 bits per heavy atom. The molecule has 6 aliphatic rings. The van der Waals surface area contributed by atoms with Crippen molar-refractivity contribution in [2.75, 3.05) is 26.3 Å². The second-order valence-corrected chi connectivity index (χ2v) is 10.5. The van der Waals surface area contributed by atoms with Gasteiger partial charge in [-0.05, 0) is 55.8 Å². The number of carbonyl (C=O) groups excluding carboxylic acids is 1. The number of ketones is 1. The van der Waals surface area contributed by atoms with Crippen LogP contribution in [0.1, 0.15) is 58.3 Å². The van der Waals surface area contributed by atoms with E-state index in [-0.39, 0.29) is 16.9 Å². The fraction of sp³-hybridized carbons (Fsp3) is 0.955. The molecule has 2 saturated heterocycles. The molecular formula is C22H34N2O3. The number of rotatable bonds is 0. The molecule has 0 aromatic rings. The second kappa shape index (κ2) is 5.78. The molecule has 2 heterocycles. The highest BCUT2D eigenvalue weighted by Gasteiger charge is 2.66. The molecule has 2 N–H and O–H groups in total. The molecule has 6 rings (SSSR count). The number of hydrogen-bond donors (Lipinski definition) is 2. The van der Waals surface area contributed by atoms with E-state index in [9.17, 15) is 4.79 Å². The van der Waals surface area contributed by atoms with Gasteiger partial charge in [-0.25, -0.2) is 0 Å². The molecule has 2 aliphatic heterocycles. The van der Waals surface area contributed by atoms with Crippen LogP contribution in [0.5, 0.6) is 0 Å². The molecule has 0 unspecified atom stereocenters. The maximum atomic E-state index is 13.6. The van der Waals surface area contributed by atoms with Crippen molar-refractivity contribution in [3.8, 4) is 0 Å². The number of fused-ring (bicyclic) bond motifs is 6. The zero-order valence-corrected chi connectivity index (χ0v) is 16.6. The topological polar surface area (TPSA) is 59.6 Å². The standard InChI is InChI=1S/C22H34N2O3/c1-20-13-18(25)19-15-4-6-21(26-10-11-27-21)12-14(15)2-3-16(19)17(20)5-7-22(20)23-8-9-24-22/h14-17,19,23-24H,2-13H2,1H3/t14-,15-,16+,17-,19+,20-/m0/s1. The highest BCUT2D eigenvalue weighted by Crippen LogP contribution is 2.64. The maximum Gasteiger partial charge on any atom is 0.168 e. The average molecular weight is 375 g/mol. The third kappa shape index (κ3) is 2.23. The molecule has 27 heavy (non-hydrogen) atoms. The van der Waals surface area contributed by atoms with Crippen LogP contribution in [0.25, 0.3) is 0 Å². The van der Waals surface area contributed by atoms with Gasteiger partial charge >= 0.3 is 0 Å². The van der Waals surface area contributed by atoms with E-state index in [1.807, 2.05) is 0 Å². The third-order valence-corrected chi connectivity index (χ3v) is 9.68. The van der Waals surface area contributed by atoms with Gasteiger partial charge in [0.2, 0.25) is 0 Å². The zero-order valence-electron chi connectivity index (χ0n) is 16.6. The average Bonchev–Trinajstić information content (AvgIpc) is 3.37. The van der Waals surface area contributed by atoms with Gasteiger partial charge < -0.3 is 9.47 Å².